The quantitative estimate of drug-likeness (QED) is 0.639. The van der Waals surface area contributed by atoms with Crippen LogP contribution in [-0.4, -0.2) is 41.4 Å². The van der Waals surface area contributed by atoms with Crippen molar-refractivity contribution < 1.29 is 4.79 Å². The van der Waals surface area contributed by atoms with Crippen LogP contribution in [0.3, 0.4) is 0 Å². The number of rotatable bonds is 4. The molecule has 0 aliphatic heterocycles. The normalized spacial score (nSPS) is 10.6. The minimum Gasteiger partial charge on any atom is -0.309 e. The van der Waals surface area contributed by atoms with Gasteiger partial charge in [0.1, 0.15) is 5.69 Å². The van der Waals surface area contributed by atoms with Gasteiger partial charge < -0.3 is 4.90 Å². The molecule has 1 heterocycles. The lowest BCUT2D eigenvalue weighted by Crippen LogP contribution is -2.15. The summed E-state index contributed by atoms with van der Waals surface area (Å²) in [6.45, 7) is 0.921. The summed E-state index contributed by atoms with van der Waals surface area (Å²) in [5.41, 5.74) is 0.488. The van der Waals surface area contributed by atoms with Crippen LogP contribution in [0, 0.1) is 0 Å². The predicted molar refractivity (Wildman–Crippen MR) is 47.6 cm³/mol. The number of nitrogens with zero attached hydrogens (tertiary/aromatic N) is 3. The molecule has 0 unspecified atom stereocenters. The van der Waals surface area contributed by atoms with E-state index in [1.165, 1.54) is 11.5 Å². The molecule has 0 radical (unpaired) electrons. The molecule has 0 aliphatic rings. The molecule has 0 N–H and O–H groups in total. The van der Waals surface area contributed by atoms with Crippen molar-refractivity contribution in [1.82, 2.24) is 14.5 Å². The maximum atomic E-state index is 10.4. The van der Waals surface area contributed by atoms with Crippen LogP contribution >= 0.6 is 11.5 Å². The minimum atomic E-state index is 0.488. The fourth-order valence-electron chi connectivity index (χ4n) is 0.804. The van der Waals surface area contributed by atoms with E-state index in [0.717, 1.165) is 24.1 Å². The Bertz CT molecular complexity index is 259. The number of carbonyl (C=O) groups excluding carboxylic acids is 1. The molecule has 0 amide bonds. The van der Waals surface area contributed by atoms with E-state index in [1.54, 1.807) is 0 Å². The predicted octanol–water partition coefficient (Wildman–Crippen LogP) is 0.455. The van der Waals surface area contributed by atoms with Gasteiger partial charge in [0.15, 0.2) is 6.29 Å². The third-order valence-corrected chi connectivity index (χ3v) is 2.28. The Balaban J connectivity index is 2.56. The van der Waals surface area contributed by atoms with Gasteiger partial charge in [-0.25, -0.2) is 0 Å². The fraction of sp³-hybridized carbons (Fsp3) is 0.571. The minimum absolute atomic E-state index is 0.488. The first-order valence-corrected chi connectivity index (χ1v) is 4.42. The van der Waals surface area contributed by atoms with Gasteiger partial charge in [0.2, 0.25) is 0 Å². The van der Waals surface area contributed by atoms with Crippen molar-refractivity contribution in [2.75, 3.05) is 20.6 Å². The van der Waals surface area contributed by atoms with Crippen molar-refractivity contribution in [3.05, 3.63) is 10.6 Å². The van der Waals surface area contributed by atoms with Gasteiger partial charge in [-0.3, -0.25) is 4.79 Å². The SMILES string of the molecule is CN(C)CCc1snnc1C=O. The molecule has 1 rings (SSSR count). The molecule has 0 aromatic carbocycles. The third kappa shape index (κ3) is 2.35. The number of hydrogen-bond acceptors (Lipinski definition) is 5. The highest BCUT2D eigenvalue weighted by Crippen LogP contribution is 2.08. The van der Waals surface area contributed by atoms with Gasteiger partial charge in [-0.2, -0.15) is 0 Å². The first kappa shape index (κ1) is 9.28. The monoisotopic (exact) mass is 185 g/mol. The molecule has 0 atom stereocenters. The van der Waals surface area contributed by atoms with Crippen molar-refractivity contribution in [1.29, 1.82) is 0 Å². The number of hydrogen-bond donors (Lipinski definition) is 0. The van der Waals surface area contributed by atoms with Crippen molar-refractivity contribution in [2.45, 2.75) is 6.42 Å². The summed E-state index contributed by atoms with van der Waals surface area (Å²) in [5.74, 6) is 0. The van der Waals surface area contributed by atoms with Gasteiger partial charge in [0, 0.05) is 6.54 Å². The largest absolute Gasteiger partial charge is 0.309 e. The summed E-state index contributed by atoms with van der Waals surface area (Å²) in [5, 5.41) is 3.69. The average Bonchev–Trinajstić information content (AvgIpc) is 2.47. The number of aromatic nitrogens is 2. The van der Waals surface area contributed by atoms with Gasteiger partial charge in [-0.05, 0) is 32.0 Å². The molecule has 0 saturated heterocycles. The van der Waals surface area contributed by atoms with Crippen molar-refractivity contribution in [2.24, 2.45) is 0 Å². The summed E-state index contributed by atoms with van der Waals surface area (Å²) in [4.78, 5) is 13.5. The van der Waals surface area contributed by atoms with E-state index in [-0.39, 0.29) is 0 Å². The maximum absolute atomic E-state index is 10.4. The van der Waals surface area contributed by atoms with E-state index in [2.05, 4.69) is 14.5 Å². The van der Waals surface area contributed by atoms with Gasteiger partial charge >= 0.3 is 0 Å². The maximum Gasteiger partial charge on any atom is 0.171 e. The van der Waals surface area contributed by atoms with Crippen LogP contribution in [-0.2, 0) is 6.42 Å². The summed E-state index contributed by atoms with van der Waals surface area (Å²) < 4.78 is 3.71. The Kier molecular flexibility index (Phi) is 3.31. The zero-order valence-corrected chi connectivity index (χ0v) is 7.97. The smallest absolute Gasteiger partial charge is 0.171 e. The zero-order chi connectivity index (χ0) is 8.97. The van der Waals surface area contributed by atoms with Crippen LogP contribution in [0.15, 0.2) is 0 Å². The summed E-state index contributed by atoms with van der Waals surface area (Å²) >= 11 is 1.30. The molecule has 0 bridgehead atoms. The molecule has 66 valence electrons. The van der Waals surface area contributed by atoms with Gasteiger partial charge in [0.05, 0.1) is 4.88 Å². The van der Waals surface area contributed by atoms with Crippen LogP contribution in [0.1, 0.15) is 15.4 Å². The highest BCUT2D eigenvalue weighted by molar-refractivity contribution is 7.05. The summed E-state index contributed by atoms with van der Waals surface area (Å²) in [7, 11) is 3.99. The first-order valence-electron chi connectivity index (χ1n) is 3.65. The standard InChI is InChI=1S/C7H11N3OS/c1-10(2)4-3-7-6(5-11)8-9-12-7/h5H,3-4H2,1-2H3. The van der Waals surface area contributed by atoms with E-state index in [1.807, 2.05) is 14.1 Å². The van der Waals surface area contributed by atoms with Crippen LogP contribution in [0.4, 0.5) is 0 Å². The van der Waals surface area contributed by atoms with Crippen molar-refractivity contribution in [3.8, 4) is 0 Å². The topological polar surface area (TPSA) is 46.1 Å². The Morgan fingerprint density at radius 2 is 2.33 bits per heavy atom. The fourth-order valence-corrected chi connectivity index (χ4v) is 1.40. The molecule has 0 spiro atoms. The van der Waals surface area contributed by atoms with E-state index in [9.17, 15) is 4.79 Å². The highest BCUT2D eigenvalue weighted by atomic mass is 32.1. The van der Waals surface area contributed by atoms with Crippen molar-refractivity contribution >= 4 is 17.8 Å². The average molecular weight is 185 g/mol. The summed E-state index contributed by atoms with van der Waals surface area (Å²) in [6.07, 6.45) is 1.60. The van der Waals surface area contributed by atoms with Gasteiger partial charge in [0.25, 0.3) is 0 Å². The lowest BCUT2D eigenvalue weighted by molar-refractivity contribution is 0.111. The Hall–Kier alpha value is -0.810. The number of likely N-dealkylation sites (N-methyl/N-ethyl adjacent to an activating group) is 1. The second-order valence-electron chi connectivity index (χ2n) is 2.75. The van der Waals surface area contributed by atoms with E-state index in [0.29, 0.717) is 5.69 Å². The molecule has 4 nitrogen and oxygen atoms in total. The summed E-state index contributed by atoms with van der Waals surface area (Å²) in [6, 6.07) is 0. The molecular weight excluding hydrogens is 174 g/mol. The van der Waals surface area contributed by atoms with Gasteiger partial charge in [-0.1, -0.05) is 4.49 Å². The first-order chi connectivity index (χ1) is 5.74. The van der Waals surface area contributed by atoms with E-state index >= 15 is 0 Å². The second-order valence-corrected chi connectivity index (χ2v) is 3.59. The lowest BCUT2D eigenvalue weighted by atomic mass is 10.3. The third-order valence-electron chi connectivity index (χ3n) is 1.48. The van der Waals surface area contributed by atoms with Crippen molar-refractivity contribution in [3.63, 3.8) is 0 Å². The Labute approximate surface area is 75.4 Å². The molecule has 12 heavy (non-hydrogen) atoms. The molecule has 0 aliphatic carbocycles. The molecular formula is C7H11N3OS. The molecule has 1 aromatic heterocycles. The van der Waals surface area contributed by atoms with Gasteiger partial charge in [-0.15, -0.1) is 5.10 Å². The number of carbonyl (C=O) groups is 1. The van der Waals surface area contributed by atoms with E-state index < -0.39 is 0 Å². The van der Waals surface area contributed by atoms with Crippen LogP contribution in [0.25, 0.3) is 0 Å². The Morgan fingerprint density at radius 1 is 1.58 bits per heavy atom. The second kappa shape index (κ2) is 4.27. The number of aldehydes is 1. The molecule has 5 heteroatoms. The van der Waals surface area contributed by atoms with E-state index in [4.69, 9.17) is 0 Å². The lowest BCUT2D eigenvalue weighted by Gasteiger charge is -2.06. The molecule has 1 aromatic rings. The van der Waals surface area contributed by atoms with Crippen LogP contribution < -0.4 is 0 Å². The van der Waals surface area contributed by atoms with Crippen LogP contribution in [0.5, 0.6) is 0 Å². The molecule has 0 fully saturated rings. The Morgan fingerprint density at radius 3 is 2.92 bits per heavy atom. The highest BCUT2D eigenvalue weighted by Gasteiger charge is 2.06. The van der Waals surface area contributed by atoms with Crippen LogP contribution in [0.2, 0.25) is 0 Å². The molecule has 0 saturated carbocycles. The zero-order valence-electron chi connectivity index (χ0n) is 7.15.